The van der Waals surface area contributed by atoms with E-state index in [9.17, 15) is 14.7 Å². The lowest BCUT2D eigenvalue weighted by Gasteiger charge is -2.46. The standard InChI is InChI=1S/C16H27NO5/c1-14(2)10-21-15(3,4)22-11(14)12(18)17-16(13(19)20)8-6-5-7-9-16/h11H,5-10H2,1-4H3,(H,17,18)(H,19,20). The second-order valence-electron chi connectivity index (χ2n) is 7.61. The van der Waals surface area contributed by atoms with Gasteiger partial charge in [-0.15, -0.1) is 0 Å². The Morgan fingerprint density at radius 2 is 1.68 bits per heavy atom. The van der Waals surface area contributed by atoms with Gasteiger partial charge in [0.05, 0.1) is 6.61 Å². The highest BCUT2D eigenvalue weighted by molar-refractivity contribution is 5.89. The lowest BCUT2D eigenvalue weighted by Crippen LogP contribution is -2.63. The lowest BCUT2D eigenvalue weighted by atomic mass is 9.80. The highest BCUT2D eigenvalue weighted by Crippen LogP contribution is 2.36. The fourth-order valence-corrected chi connectivity index (χ4v) is 3.17. The van der Waals surface area contributed by atoms with Crippen LogP contribution >= 0.6 is 0 Å². The first kappa shape index (κ1) is 17.2. The van der Waals surface area contributed by atoms with Crippen molar-refractivity contribution in [3.8, 4) is 0 Å². The number of rotatable bonds is 3. The molecule has 1 saturated carbocycles. The molecule has 1 aliphatic heterocycles. The number of carboxylic acid groups (broad SMARTS) is 1. The van der Waals surface area contributed by atoms with Crippen LogP contribution in [0.3, 0.4) is 0 Å². The molecule has 6 nitrogen and oxygen atoms in total. The van der Waals surface area contributed by atoms with Crippen LogP contribution in [0.2, 0.25) is 0 Å². The number of ether oxygens (including phenoxy) is 2. The Morgan fingerprint density at radius 3 is 2.23 bits per heavy atom. The zero-order valence-corrected chi connectivity index (χ0v) is 13.9. The summed E-state index contributed by atoms with van der Waals surface area (Å²) in [6, 6.07) is 0. The van der Waals surface area contributed by atoms with Crippen LogP contribution in [0.4, 0.5) is 0 Å². The number of carboxylic acids is 1. The molecule has 0 bridgehead atoms. The highest BCUT2D eigenvalue weighted by atomic mass is 16.7. The first-order chi connectivity index (χ1) is 10.1. The summed E-state index contributed by atoms with van der Waals surface area (Å²) >= 11 is 0. The Morgan fingerprint density at radius 1 is 1.09 bits per heavy atom. The molecular formula is C16H27NO5. The molecule has 2 rings (SSSR count). The number of hydrogen-bond acceptors (Lipinski definition) is 4. The summed E-state index contributed by atoms with van der Waals surface area (Å²) in [5.41, 5.74) is -1.66. The van der Waals surface area contributed by atoms with Gasteiger partial charge in [0, 0.05) is 5.41 Å². The summed E-state index contributed by atoms with van der Waals surface area (Å²) in [7, 11) is 0. The molecule has 0 aromatic rings. The second kappa shape index (κ2) is 5.81. The van der Waals surface area contributed by atoms with E-state index in [1.54, 1.807) is 13.8 Å². The van der Waals surface area contributed by atoms with Crippen LogP contribution < -0.4 is 5.32 Å². The maximum atomic E-state index is 12.7. The number of carbonyl (C=O) groups excluding carboxylic acids is 1. The number of hydrogen-bond donors (Lipinski definition) is 2. The Kier molecular flexibility index (Phi) is 4.55. The van der Waals surface area contributed by atoms with Crippen molar-refractivity contribution in [2.24, 2.45) is 5.41 Å². The molecule has 2 N–H and O–H groups in total. The zero-order valence-electron chi connectivity index (χ0n) is 13.9. The average molecular weight is 313 g/mol. The molecule has 2 fully saturated rings. The molecule has 0 radical (unpaired) electrons. The molecule has 1 amide bonds. The summed E-state index contributed by atoms with van der Waals surface area (Å²) in [6.45, 7) is 7.69. The van der Waals surface area contributed by atoms with Crippen LogP contribution in [0.15, 0.2) is 0 Å². The van der Waals surface area contributed by atoms with Crippen molar-refractivity contribution in [1.29, 1.82) is 0 Å². The molecule has 2 aliphatic rings. The molecule has 1 unspecified atom stereocenters. The van der Waals surface area contributed by atoms with Gasteiger partial charge in [0.2, 0.25) is 0 Å². The molecule has 126 valence electrons. The van der Waals surface area contributed by atoms with E-state index < -0.39 is 28.8 Å². The van der Waals surface area contributed by atoms with Crippen molar-refractivity contribution in [2.75, 3.05) is 6.61 Å². The first-order valence-electron chi connectivity index (χ1n) is 7.95. The molecule has 22 heavy (non-hydrogen) atoms. The van der Waals surface area contributed by atoms with E-state index in [0.717, 1.165) is 19.3 Å². The molecule has 1 atom stereocenters. The van der Waals surface area contributed by atoms with Gasteiger partial charge in [-0.25, -0.2) is 4.79 Å². The van der Waals surface area contributed by atoms with Gasteiger partial charge >= 0.3 is 5.97 Å². The van der Waals surface area contributed by atoms with E-state index in [2.05, 4.69) is 5.32 Å². The lowest BCUT2D eigenvalue weighted by molar-refractivity contribution is -0.304. The Bertz CT molecular complexity index is 451. The topological polar surface area (TPSA) is 84.9 Å². The summed E-state index contributed by atoms with van der Waals surface area (Å²) in [5.74, 6) is -2.16. The van der Waals surface area contributed by atoms with E-state index in [1.165, 1.54) is 0 Å². The van der Waals surface area contributed by atoms with Crippen molar-refractivity contribution in [3.05, 3.63) is 0 Å². The smallest absolute Gasteiger partial charge is 0.329 e. The van der Waals surface area contributed by atoms with Gasteiger partial charge in [-0.2, -0.15) is 0 Å². The Hall–Kier alpha value is -1.14. The molecule has 1 heterocycles. The fourth-order valence-electron chi connectivity index (χ4n) is 3.17. The summed E-state index contributed by atoms with van der Waals surface area (Å²) in [5, 5.41) is 12.4. The van der Waals surface area contributed by atoms with Gasteiger partial charge in [-0.05, 0) is 26.7 Å². The molecule has 6 heteroatoms. The summed E-state index contributed by atoms with van der Waals surface area (Å²) < 4.78 is 11.4. The van der Waals surface area contributed by atoms with Crippen molar-refractivity contribution in [1.82, 2.24) is 5.32 Å². The van der Waals surface area contributed by atoms with Crippen LogP contribution in [0, 0.1) is 5.41 Å². The SMILES string of the molecule is CC1(C)OCC(C)(C)C(C(=O)NC2(C(=O)O)CCCCC2)O1. The number of nitrogens with one attached hydrogen (secondary N) is 1. The maximum absolute atomic E-state index is 12.7. The van der Waals surface area contributed by atoms with Gasteiger partial charge < -0.3 is 19.9 Å². The first-order valence-corrected chi connectivity index (χ1v) is 7.95. The second-order valence-corrected chi connectivity index (χ2v) is 7.61. The quantitative estimate of drug-likeness (QED) is 0.833. The van der Waals surface area contributed by atoms with Gasteiger partial charge in [-0.1, -0.05) is 33.1 Å². The van der Waals surface area contributed by atoms with Crippen LogP contribution in [-0.2, 0) is 19.1 Å². The summed E-state index contributed by atoms with van der Waals surface area (Å²) in [6.07, 6.45) is 2.86. The monoisotopic (exact) mass is 313 g/mol. The minimum atomic E-state index is -1.16. The predicted molar refractivity (Wildman–Crippen MR) is 80.3 cm³/mol. The van der Waals surface area contributed by atoms with E-state index >= 15 is 0 Å². The van der Waals surface area contributed by atoms with Crippen LogP contribution in [0.25, 0.3) is 0 Å². The third kappa shape index (κ3) is 3.43. The molecule has 0 aromatic carbocycles. The Balaban J connectivity index is 2.16. The molecule has 1 aliphatic carbocycles. The van der Waals surface area contributed by atoms with Crippen LogP contribution in [0.5, 0.6) is 0 Å². The molecular weight excluding hydrogens is 286 g/mol. The minimum absolute atomic E-state index is 0.356. The molecule has 0 spiro atoms. The van der Waals surface area contributed by atoms with E-state index in [0.29, 0.717) is 19.4 Å². The largest absolute Gasteiger partial charge is 0.480 e. The van der Waals surface area contributed by atoms with Crippen molar-refractivity contribution < 1.29 is 24.2 Å². The Labute approximate surface area is 131 Å². The third-order valence-corrected chi connectivity index (χ3v) is 4.62. The van der Waals surface area contributed by atoms with E-state index in [1.807, 2.05) is 13.8 Å². The average Bonchev–Trinajstić information content (AvgIpc) is 2.43. The maximum Gasteiger partial charge on any atom is 0.329 e. The van der Waals surface area contributed by atoms with E-state index in [4.69, 9.17) is 9.47 Å². The minimum Gasteiger partial charge on any atom is -0.480 e. The number of amides is 1. The van der Waals surface area contributed by atoms with Gasteiger partial charge in [0.1, 0.15) is 11.6 Å². The number of carbonyl (C=O) groups is 2. The van der Waals surface area contributed by atoms with Crippen molar-refractivity contribution >= 4 is 11.9 Å². The highest BCUT2D eigenvalue weighted by Gasteiger charge is 2.49. The summed E-state index contributed by atoms with van der Waals surface area (Å²) in [4.78, 5) is 24.4. The predicted octanol–water partition coefficient (Wildman–Crippen LogP) is 2.07. The third-order valence-electron chi connectivity index (χ3n) is 4.62. The van der Waals surface area contributed by atoms with Gasteiger partial charge in [-0.3, -0.25) is 4.79 Å². The molecule has 1 saturated heterocycles. The van der Waals surface area contributed by atoms with Gasteiger partial charge in [0.15, 0.2) is 5.79 Å². The van der Waals surface area contributed by atoms with Crippen LogP contribution in [-0.4, -0.2) is 41.0 Å². The molecule has 0 aromatic heterocycles. The fraction of sp³-hybridized carbons (Fsp3) is 0.875. The van der Waals surface area contributed by atoms with E-state index in [-0.39, 0.29) is 5.91 Å². The number of aliphatic carboxylic acids is 1. The van der Waals surface area contributed by atoms with Gasteiger partial charge in [0.25, 0.3) is 5.91 Å². The van der Waals surface area contributed by atoms with Crippen molar-refractivity contribution in [2.45, 2.75) is 77.2 Å². The zero-order chi connectivity index (χ0) is 16.6. The van der Waals surface area contributed by atoms with Crippen LogP contribution in [0.1, 0.15) is 59.8 Å². The normalized spacial score (nSPS) is 29.5. The van der Waals surface area contributed by atoms with Crippen molar-refractivity contribution in [3.63, 3.8) is 0 Å².